The van der Waals surface area contributed by atoms with Crippen molar-refractivity contribution in [1.29, 1.82) is 5.26 Å². The highest BCUT2D eigenvalue weighted by atomic mass is 16.2. The standard InChI is InChI=1S/C11H9N3O2/c12-4-1-2-6-14-10(15)8-3-5-13-7-9(8)11(14)16/h3,5,7H,1-2,6H2. The summed E-state index contributed by atoms with van der Waals surface area (Å²) in [6.45, 7) is 0.292. The first-order valence-corrected chi connectivity index (χ1v) is 4.93. The Hall–Kier alpha value is -2.22. The fourth-order valence-electron chi connectivity index (χ4n) is 1.65. The van der Waals surface area contributed by atoms with E-state index in [1.54, 1.807) is 6.07 Å². The molecule has 2 amide bonds. The number of pyridine rings is 1. The number of carbonyl (C=O) groups is 2. The monoisotopic (exact) mass is 215 g/mol. The quantitative estimate of drug-likeness (QED) is 0.556. The van der Waals surface area contributed by atoms with Crippen LogP contribution in [0.2, 0.25) is 0 Å². The predicted molar refractivity (Wildman–Crippen MR) is 54.5 cm³/mol. The van der Waals surface area contributed by atoms with Gasteiger partial charge in [0.05, 0.1) is 17.2 Å². The van der Waals surface area contributed by atoms with Gasteiger partial charge < -0.3 is 0 Å². The van der Waals surface area contributed by atoms with Gasteiger partial charge in [0.25, 0.3) is 11.8 Å². The van der Waals surface area contributed by atoms with Crippen molar-refractivity contribution in [2.75, 3.05) is 6.54 Å². The Kier molecular flexibility index (Phi) is 2.64. The Morgan fingerprint density at radius 3 is 2.75 bits per heavy atom. The number of amides is 2. The molecule has 0 saturated carbocycles. The second-order valence-corrected chi connectivity index (χ2v) is 3.44. The van der Waals surface area contributed by atoms with Crippen molar-refractivity contribution in [3.63, 3.8) is 0 Å². The van der Waals surface area contributed by atoms with Gasteiger partial charge in [-0.15, -0.1) is 0 Å². The summed E-state index contributed by atoms with van der Waals surface area (Å²) in [6, 6.07) is 3.52. The van der Waals surface area contributed by atoms with Crippen LogP contribution in [-0.4, -0.2) is 28.2 Å². The van der Waals surface area contributed by atoms with Crippen molar-refractivity contribution < 1.29 is 9.59 Å². The molecule has 0 N–H and O–H groups in total. The van der Waals surface area contributed by atoms with Crippen LogP contribution in [0.4, 0.5) is 0 Å². The molecule has 0 aromatic carbocycles. The summed E-state index contributed by atoms with van der Waals surface area (Å²) in [5, 5.41) is 8.40. The first-order chi connectivity index (χ1) is 7.75. The van der Waals surface area contributed by atoms with Crippen LogP contribution in [0.15, 0.2) is 18.5 Å². The smallest absolute Gasteiger partial charge is 0.263 e. The lowest BCUT2D eigenvalue weighted by atomic mass is 10.2. The third kappa shape index (κ3) is 1.54. The Bertz CT molecular complexity index is 455. The van der Waals surface area contributed by atoms with Gasteiger partial charge in [-0.1, -0.05) is 0 Å². The highest BCUT2D eigenvalue weighted by molar-refractivity contribution is 6.21. The minimum absolute atomic E-state index is 0.291. The Balaban J connectivity index is 2.19. The van der Waals surface area contributed by atoms with Gasteiger partial charge in [-0.05, 0) is 12.5 Å². The van der Waals surface area contributed by atoms with Crippen LogP contribution in [-0.2, 0) is 0 Å². The topological polar surface area (TPSA) is 74.1 Å². The Morgan fingerprint density at radius 2 is 2.06 bits per heavy atom. The van der Waals surface area contributed by atoms with Crippen molar-refractivity contribution >= 4 is 11.8 Å². The van der Waals surface area contributed by atoms with Crippen LogP contribution in [0.3, 0.4) is 0 Å². The van der Waals surface area contributed by atoms with Crippen LogP contribution in [0.1, 0.15) is 33.6 Å². The first kappa shape index (κ1) is 10.3. The molecule has 0 aliphatic carbocycles. The molecule has 0 saturated heterocycles. The molecule has 0 fully saturated rings. The van der Waals surface area contributed by atoms with E-state index in [-0.39, 0.29) is 11.8 Å². The van der Waals surface area contributed by atoms with Gasteiger partial charge in [0.15, 0.2) is 0 Å². The Morgan fingerprint density at radius 1 is 1.31 bits per heavy atom. The highest BCUT2D eigenvalue weighted by Crippen LogP contribution is 2.21. The molecule has 1 aliphatic heterocycles. The number of rotatable bonds is 3. The van der Waals surface area contributed by atoms with E-state index in [2.05, 4.69) is 4.98 Å². The van der Waals surface area contributed by atoms with Gasteiger partial charge in [0.2, 0.25) is 0 Å². The number of unbranched alkanes of at least 4 members (excludes halogenated alkanes) is 1. The molecular formula is C11H9N3O2. The lowest BCUT2D eigenvalue weighted by Crippen LogP contribution is -2.30. The molecule has 5 nitrogen and oxygen atoms in total. The molecule has 1 aromatic heterocycles. The molecule has 16 heavy (non-hydrogen) atoms. The van der Waals surface area contributed by atoms with Gasteiger partial charge in [-0.3, -0.25) is 19.5 Å². The lowest BCUT2D eigenvalue weighted by Gasteiger charge is -2.11. The van der Waals surface area contributed by atoms with E-state index < -0.39 is 0 Å². The van der Waals surface area contributed by atoms with Crippen LogP contribution in [0.25, 0.3) is 0 Å². The summed E-state index contributed by atoms with van der Waals surface area (Å²) in [6.07, 6.45) is 3.74. The molecule has 2 rings (SSSR count). The molecule has 5 heteroatoms. The van der Waals surface area contributed by atoms with Crippen molar-refractivity contribution in [2.24, 2.45) is 0 Å². The molecule has 0 radical (unpaired) electrons. The number of fused-ring (bicyclic) bond motifs is 1. The molecule has 0 atom stereocenters. The van der Waals surface area contributed by atoms with E-state index in [1.165, 1.54) is 17.3 Å². The van der Waals surface area contributed by atoms with Gasteiger partial charge >= 0.3 is 0 Å². The maximum absolute atomic E-state index is 11.8. The molecule has 0 bridgehead atoms. The molecule has 1 aliphatic rings. The Labute approximate surface area is 92.3 Å². The fourth-order valence-corrected chi connectivity index (χ4v) is 1.65. The van der Waals surface area contributed by atoms with E-state index in [0.29, 0.717) is 30.5 Å². The number of imide groups is 1. The van der Waals surface area contributed by atoms with E-state index >= 15 is 0 Å². The van der Waals surface area contributed by atoms with E-state index in [1.807, 2.05) is 6.07 Å². The summed E-state index contributed by atoms with van der Waals surface area (Å²) in [5.74, 6) is -0.605. The third-order valence-electron chi connectivity index (χ3n) is 2.44. The lowest BCUT2D eigenvalue weighted by molar-refractivity contribution is 0.0653. The zero-order chi connectivity index (χ0) is 11.5. The average molecular weight is 215 g/mol. The van der Waals surface area contributed by atoms with Crippen molar-refractivity contribution in [1.82, 2.24) is 9.88 Å². The van der Waals surface area contributed by atoms with E-state index in [0.717, 1.165) is 0 Å². The zero-order valence-electron chi connectivity index (χ0n) is 8.51. The van der Waals surface area contributed by atoms with Gasteiger partial charge in [0, 0.05) is 25.4 Å². The molecule has 80 valence electrons. The number of nitrogens with zero attached hydrogens (tertiary/aromatic N) is 3. The maximum atomic E-state index is 11.8. The van der Waals surface area contributed by atoms with Gasteiger partial charge in [-0.25, -0.2) is 0 Å². The van der Waals surface area contributed by atoms with Gasteiger partial charge in [0.1, 0.15) is 0 Å². The SMILES string of the molecule is N#CCCCN1C(=O)c2ccncc2C1=O. The normalized spacial score (nSPS) is 13.8. The summed E-state index contributed by atoms with van der Waals surface area (Å²) in [7, 11) is 0. The minimum atomic E-state index is -0.314. The number of nitriles is 1. The number of hydrogen-bond acceptors (Lipinski definition) is 4. The summed E-state index contributed by atoms with van der Waals surface area (Å²) < 4.78 is 0. The first-order valence-electron chi connectivity index (χ1n) is 4.93. The number of hydrogen-bond donors (Lipinski definition) is 0. The number of carbonyl (C=O) groups excluding carboxylic acids is 2. The van der Waals surface area contributed by atoms with Gasteiger partial charge in [-0.2, -0.15) is 5.26 Å². The average Bonchev–Trinajstić information content (AvgIpc) is 2.55. The molecule has 0 unspecified atom stereocenters. The van der Waals surface area contributed by atoms with Crippen LogP contribution < -0.4 is 0 Å². The third-order valence-corrected chi connectivity index (χ3v) is 2.44. The molecular weight excluding hydrogens is 206 g/mol. The zero-order valence-corrected chi connectivity index (χ0v) is 8.51. The summed E-state index contributed by atoms with van der Waals surface area (Å²) >= 11 is 0. The highest BCUT2D eigenvalue weighted by Gasteiger charge is 2.34. The van der Waals surface area contributed by atoms with Crippen LogP contribution >= 0.6 is 0 Å². The number of aromatic nitrogens is 1. The second kappa shape index (κ2) is 4.11. The molecule has 1 aromatic rings. The summed E-state index contributed by atoms with van der Waals surface area (Å²) in [5.41, 5.74) is 0.751. The van der Waals surface area contributed by atoms with Crippen LogP contribution in [0, 0.1) is 11.3 Å². The van der Waals surface area contributed by atoms with E-state index in [4.69, 9.17) is 5.26 Å². The molecule has 2 heterocycles. The molecule has 0 spiro atoms. The van der Waals surface area contributed by atoms with Crippen LogP contribution in [0.5, 0.6) is 0 Å². The van der Waals surface area contributed by atoms with E-state index in [9.17, 15) is 9.59 Å². The minimum Gasteiger partial charge on any atom is -0.274 e. The maximum Gasteiger partial charge on any atom is 0.263 e. The predicted octanol–water partition coefficient (Wildman–Crippen LogP) is 0.981. The van der Waals surface area contributed by atoms with Crippen molar-refractivity contribution in [3.8, 4) is 6.07 Å². The van der Waals surface area contributed by atoms with Crippen molar-refractivity contribution in [3.05, 3.63) is 29.6 Å². The summed E-state index contributed by atoms with van der Waals surface area (Å²) in [4.78, 5) is 28.6. The largest absolute Gasteiger partial charge is 0.274 e. The van der Waals surface area contributed by atoms with Crippen molar-refractivity contribution in [2.45, 2.75) is 12.8 Å². The second-order valence-electron chi connectivity index (χ2n) is 3.44. The fraction of sp³-hybridized carbons (Fsp3) is 0.273.